The zero-order valence-corrected chi connectivity index (χ0v) is 9.11. The minimum Gasteiger partial charge on any atom is -0.394 e. The first kappa shape index (κ1) is 13.8. The minimum absolute atomic E-state index is 0.291. The van der Waals surface area contributed by atoms with E-state index < -0.39 is 37.3 Å². The fourth-order valence-corrected chi connectivity index (χ4v) is 1.48. The number of aliphatic hydroxyl groups excluding tert-OH is 4. The highest BCUT2D eigenvalue weighted by Crippen LogP contribution is 2.21. The number of ether oxygens (including phenoxy) is 2. The van der Waals surface area contributed by atoms with Gasteiger partial charge in [0.2, 0.25) is 0 Å². The minimum atomic E-state index is -1.38. The zero-order chi connectivity index (χ0) is 12.1. The van der Waals surface area contributed by atoms with Crippen LogP contribution in [0.2, 0.25) is 0 Å². The van der Waals surface area contributed by atoms with Gasteiger partial charge in [-0.15, -0.1) is 0 Å². The lowest BCUT2D eigenvalue weighted by Gasteiger charge is -2.39. The molecule has 1 rings (SSSR count). The third kappa shape index (κ3) is 3.11. The Morgan fingerprint density at radius 2 is 1.88 bits per heavy atom. The van der Waals surface area contributed by atoms with Gasteiger partial charge < -0.3 is 35.2 Å². The van der Waals surface area contributed by atoms with E-state index in [4.69, 9.17) is 14.6 Å². The van der Waals surface area contributed by atoms with Crippen LogP contribution < -0.4 is 5.32 Å². The van der Waals surface area contributed by atoms with Crippen LogP contribution in [0.4, 0.5) is 0 Å². The molecule has 0 bridgehead atoms. The maximum Gasteiger partial charge on any atom is 0.186 e. The number of hydrogen-bond donors (Lipinski definition) is 5. The third-order valence-electron chi connectivity index (χ3n) is 2.48. The summed E-state index contributed by atoms with van der Waals surface area (Å²) in [4.78, 5) is 0. The average molecular weight is 237 g/mol. The van der Waals surface area contributed by atoms with Crippen molar-refractivity contribution in [2.24, 2.45) is 0 Å². The van der Waals surface area contributed by atoms with Crippen LogP contribution in [0.5, 0.6) is 0 Å². The molecule has 0 aliphatic carbocycles. The molecule has 0 aromatic rings. The van der Waals surface area contributed by atoms with Gasteiger partial charge in [-0.25, -0.2) is 0 Å². The first-order valence-electron chi connectivity index (χ1n) is 5.18. The van der Waals surface area contributed by atoms with Gasteiger partial charge in [-0.2, -0.15) is 0 Å². The van der Waals surface area contributed by atoms with E-state index in [9.17, 15) is 15.3 Å². The van der Waals surface area contributed by atoms with E-state index in [0.29, 0.717) is 13.2 Å². The summed E-state index contributed by atoms with van der Waals surface area (Å²) in [7, 11) is 1.75. The van der Waals surface area contributed by atoms with Gasteiger partial charge in [-0.1, -0.05) is 0 Å². The summed E-state index contributed by atoms with van der Waals surface area (Å²) in [5, 5.41) is 40.2. The fourth-order valence-electron chi connectivity index (χ4n) is 1.48. The quantitative estimate of drug-likeness (QED) is 0.324. The van der Waals surface area contributed by atoms with E-state index in [1.54, 1.807) is 7.05 Å². The van der Waals surface area contributed by atoms with Crippen LogP contribution in [-0.4, -0.2) is 77.9 Å². The van der Waals surface area contributed by atoms with Crippen LogP contribution in [0.3, 0.4) is 0 Å². The lowest BCUT2D eigenvalue weighted by atomic mass is 9.99. The lowest BCUT2D eigenvalue weighted by Crippen LogP contribution is -2.59. The van der Waals surface area contributed by atoms with Crippen LogP contribution in [0, 0.1) is 0 Å². The zero-order valence-electron chi connectivity index (χ0n) is 9.11. The molecule has 0 aromatic carbocycles. The predicted octanol–water partition coefficient (Wildman–Crippen LogP) is -2.98. The van der Waals surface area contributed by atoms with Crippen molar-refractivity contribution in [1.82, 2.24) is 5.32 Å². The Morgan fingerprint density at radius 3 is 2.44 bits per heavy atom. The Bertz CT molecular complexity index is 202. The first-order valence-corrected chi connectivity index (χ1v) is 5.18. The SMILES string of the molecule is CNCCO[C@H]1O[C@H](CO)[C@@H](O)[C@H](O)[C@@H]1O. The van der Waals surface area contributed by atoms with E-state index in [0.717, 1.165) is 0 Å². The molecule has 16 heavy (non-hydrogen) atoms. The Kier molecular flexibility index (Phi) is 5.56. The molecule has 1 saturated heterocycles. The largest absolute Gasteiger partial charge is 0.394 e. The summed E-state index contributed by atoms with van der Waals surface area (Å²) in [6.07, 6.45) is -6.01. The molecule has 7 nitrogen and oxygen atoms in total. The molecule has 5 N–H and O–H groups in total. The third-order valence-corrected chi connectivity index (χ3v) is 2.48. The van der Waals surface area contributed by atoms with Crippen LogP contribution >= 0.6 is 0 Å². The summed E-state index contributed by atoms with van der Waals surface area (Å²) in [5.74, 6) is 0. The van der Waals surface area contributed by atoms with Crippen molar-refractivity contribution in [1.29, 1.82) is 0 Å². The van der Waals surface area contributed by atoms with E-state index in [-0.39, 0.29) is 0 Å². The lowest BCUT2D eigenvalue weighted by molar-refractivity contribution is -0.300. The molecule has 5 atom stereocenters. The summed E-state index contributed by atoms with van der Waals surface area (Å²) in [6, 6.07) is 0. The van der Waals surface area contributed by atoms with E-state index >= 15 is 0 Å². The number of aliphatic hydroxyl groups is 4. The van der Waals surface area contributed by atoms with Crippen molar-refractivity contribution >= 4 is 0 Å². The van der Waals surface area contributed by atoms with Crippen LogP contribution in [0.1, 0.15) is 0 Å². The van der Waals surface area contributed by atoms with Gasteiger partial charge in [0.1, 0.15) is 24.4 Å². The molecular weight excluding hydrogens is 218 g/mol. The van der Waals surface area contributed by atoms with Gasteiger partial charge in [-0.05, 0) is 7.05 Å². The smallest absolute Gasteiger partial charge is 0.186 e. The van der Waals surface area contributed by atoms with E-state index in [1.807, 2.05) is 0 Å². The summed E-state index contributed by atoms with van der Waals surface area (Å²) in [6.45, 7) is 0.408. The molecule has 96 valence electrons. The van der Waals surface area contributed by atoms with Crippen LogP contribution in [-0.2, 0) is 9.47 Å². The molecular formula is C9H19NO6. The molecule has 0 radical (unpaired) electrons. The Hall–Kier alpha value is -0.280. The number of rotatable bonds is 5. The molecule has 1 fully saturated rings. The number of likely N-dealkylation sites (N-methyl/N-ethyl adjacent to an activating group) is 1. The van der Waals surface area contributed by atoms with Crippen molar-refractivity contribution in [3.8, 4) is 0 Å². The van der Waals surface area contributed by atoms with Gasteiger partial charge in [0.05, 0.1) is 13.2 Å². The standard InChI is InChI=1S/C9H19NO6/c1-10-2-3-15-9-8(14)7(13)6(12)5(4-11)16-9/h5-14H,2-4H2,1H3/t5-,6-,7+,8+,9+/m1/s1. The van der Waals surface area contributed by atoms with Gasteiger partial charge in [0, 0.05) is 6.54 Å². The van der Waals surface area contributed by atoms with Crippen molar-refractivity contribution < 1.29 is 29.9 Å². The molecule has 0 spiro atoms. The topological polar surface area (TPSA) is 111 Å². The molecule has 1 aliphatic heterocycles. The van der Waals surface area contributed by atoms with Crippen molar-refractivity contribution in [2.75, 3.05) is 26.8 Å². The average Bonchev–Trinajstić information content (AvgIpc) is 2.29. The van der Waals surface area contributed by atoms with Crippen molar-refractivity contribution in [3.05, 3.63) is 0 Å². The first-order chi connectivity index (χ1) is 7.61. The Labute approximate surface area is 93.6 Å². The molecule has 0 unspecified atom stereocenters. The maximum absolute atomic E-state index is 9.56. The van der Waals surface area contributed by atoms with Crippen LogP contribution in [0.25, 0.3) is 0 Å². The second kappa shape index (κ2) is 6.45. The fraction of sp³-hybridized carbons (Fsp3) is 1.00. The van der Waals surface area contributed by atoms with Gasteiger partial charge in [0.25, 0.3) is 0 Å². The monoisotopic (exact) mass is 237 g/mol. The Balaban J connectivity index is 2.50. The molecule has 0 aromatic heterocycles. The number of nitrogens with one attached hydrogen (secondary N) is 1. The second-order valence-electron chi connectivity index (χ2n) is 3.67. The van der Waals surface area contributed by atoms with Gasteiger partial charge >= 0.3 is 0 Å². The highest BCUT2D eigenvalue weighted by Gasteiger charge is 2.43. The van der Waals surface area contributed by atoms with Crippen molar-refractivity contribution in [2.45, 2.75) is 30.7 Å². The van der Waals surface area contributed by atoms with Gasteiger partial charge in [0.15, 0.2) is 6.29 Å². The number of hydrogen-bond acceptors (Lipinski definition) is 7. The summed E-state index contributed by atoms with van der Waals surface area (Å²) in [5.41, 5.74) is 0. The summed E-state index contributed by atoms with van der Waals surface area (Å²) < 4.78 is 10.3. The second-order valence-corrected chi connectivity index (χ2v) is 3.67. The molecule has 1 aliphatic rings. The molecule has 7 heteroatoms. The van der Waals surface area contributed by atoms with E-state index in [1.165, 1.54) is 0 Å². The van der Waals surface area contributed by atoms with Gasteiger partial charge in [-0.3, -0.25) is 0 Å². The van der Waals surface area contributed by atoms with Crippen molar-refractivity contribution in [3.63, 3.8) is 0 Å². The molecule has 1 heterocycles. The Morgan fingerprint density at radius 1 is 1.19 bits per heavy atom. The maximum atomic E-state index is 9.56. The molecule has 0 amide bonds. The highest BCUT2D eigenvalue weighted by atomic mass is 16.7. The normalized spacial score (nSPS) is 39.9. The molecule has 0 saturated carbocycles. The highest BCUT2D eigenvalue weighted by molar-refractivity contribution is 4.88. The van der Waals surface area contributed by atoms with Crippen LogP contribution in [0.15, 0.2) is 0 Å². The van der Waals surface area contributed by atoms with E-state index in [2.05, 4.69) is 5.32 Å². The summed E-state index contributed by atoms with van der Waals surface area (Å²) >= 11 is 0. The predicted molar refractivity (Wildman–Crippen MR) is 53.6 cm³/mol.